The highest BCUT2D eigenvalue weighted by atomic mass is 32.2. The molecular weight excluding hydrogens is 226 g/mol. The van der Waals surface area contributed by atoms with E-state index in [2.05, 4.69) is 30.9 Å². The number of hydrogen-bond acceptors (Lipinski definition) is 2. The smallest absolute Gasteiger partial charge is 0.0103 e. The Kier molecular flexibility index (Phi) is 9.27. The van der Waals surface area contributed by atoms with Crippen molar-refractivity contribution >= 4 is 11.8 Å². The number of rotatable bonds is 10. The molecule has 2 atom stereocenters. The standard InChI is InChI=1S/C15H31NS/c1-3-5-6-7-8-9-15(16-11-4-2)14-10-12-17-13-14/h14-16H,3-13H2,1-2H3. The third kappa shape index (κ3) is 6.71. The molecule has 0 aliphatic carbocycles. The highest BCUT2D eigenvalue weighted by molar-refractivity contribution is 7.99. The largest absolute Gasteiger partial charge is 0.314 e. The Morgan fingerprint density at radius 3 is 2.59 bits per heavy atom. The van der Waals surface area contributed by atoms with Gasteiger partial charge in [0.05, 0.1) is 0 Å². The van der Waals surface area contributed by atoms with Crippen LogP contribution in [0.2, 0.25) is 0 Å². The van der Waals surface area contributed by atoms with Gasteiger partial charge in [0.15, 0.2) is 0 Å². The summed E-state index contributed by atoms with van der Waals surface area (Å²) in [5.74, 6) is 3.75. The van der Waals surface area contributed by atoms with E-state index in [0.29, 0.717) is 0 Å². The van der Waals surface area contributed by atoms with Crippen LogP contribution in [-0.2, 0) is 0 Å². The monoisotopic (exact) mass is 257 g/mol. The van der Waals surface area contributed by atoms with E-state index in [-0.39, 0.29) is 0 Å². The van der Waals surface area contributed by atoms with Crippen LogP contribution in [0, 0.1) is 5.92 Å². The van der Waals surface area contributed by atoms with Crippen LogP contribution in [0.4, 0.5) is 0 Å². The lowest BCUT2D eigenvalue weighted by Gasteiger charge is -2.24. The van der Waals surface area contributed by atoms with Crippen molar-refractivity contribution in [1.82, 2.24) is 5.32 Å². The van der Waals surface area contributed by atoms with Crippen LogP contribution in [0.25, 0.3) is 0 Å². The van der Waals surface area contributed by atoms with Crippen molar-refractivity contribution in [1.29, 1.82) is 0 Å². The van der Waals surface area contributed by atoms with Gasteiger partial charge in [0.2, 0.25) is 0 Å². The molecule has 1 heterocycles. The fraction of sp³-hybridized carbons (Fsp3) is 1.00. The molecule has 2 unspecified atom stereocenters. The van der Waals surface area contributed by atoms with Crippen molar-refractivity contribution in [3.05, 3.63) is 0 Å². The quantitative estimate of drug-likeness (QED) is 0.580. The van der Waals surface area contributed by atoms with E-state index in [1.54, 1.807) is 0 Å². The molecule has 1 nitrogen and oxygen atoms in total. The van der Waals surface area contributed by atoms with Gasteiger partial charge < -0.3 is 5.32 Å². The van der Waals surface area contributed by atoms with Crippen LogP contribution >= 0.6 is 11.8 Å². The summed E-state index contributed by atoms with van der Waals surface area (Å²) < 4.78 is 0. The Morgan fingerprint density at radius 2 is 1.94 bits per heavy atom. The lowest BCUT2D eigenvalue weighted by atomic mass is 9.93. The Balaban J connectivity index is 2.15. The zero-order chi connectivity index (χ0) is 12.3. The first-order valence-corrected chi connectivity index (χ1v) is 8.85. The lowest BCUT2D eigenvalue weighted by molar-refractivity contribution is 0.350. The molecule has 0 aromatic rings. The number of nitrogens with one attached hydrogen (secondary N) is 1. The molecule has 1 aliphatic heterocycles. The van der Waals surface area contributed by atoms with Crippen LogP contribution in [-0.4, -0.2) is 24.1 Å². The normalized spacial score (nSPS) is 21.9. The van der Waals surface area contributed by atoms with Crippen molar-refractivity contribution in [3.63, 3.8) is 0 Å². The molecule has 1 aliphatic rings. The van der Waals surface area contributed by atoms with Crippen LogP contribution in [0.15, 0.2) is 0 Å². The molecule has 0 amide bonds. The molecule has 0 aromatic carbocycles. The molecular formula is C15H31NS. The number of hydrogen-bond donors (Lipinski definition) is 1. The summed E-state index contributed by atoms with van der Waals surface area (Å²) in [5, 5.41) is 3.79. The first-order valence-electron chi connectivity index (χ1n) is 7.69. The molecule has 0 aromatic heterocycles. The van der Waals surface area contributed by atoms with Gasteiger partial charge in [-0.15, -0.1) is 0 Å². The van der Waals surface area contributed by atoms with Gasteiger partial charge in [-0.25, -0.2) is 0 Å². The Hall–Kier alpha value is 0.310. The molecule has 0 saturated carbocycles. The fourth-order valence-electron chi connectivity index (χ4n) is 2.67. The molecule has 0 radical (unpaired) electrons. The molecule has 2 heteroatoms. The van der Waals surface area contributed by atoms with Crippen LogP contribution < -0.4 is 5.32 Å². The van der Waals surface area contributed by atoms with Crippen molar-refractivity contribution < 1.29 is 0 Å². The summed E-state index contributed by atoms with van der Waals surface area (Å²) in [7, 11) is 0. The third-order valence-corrected chi connectivity index (χ3v) is 5.00. The van der Waals surface area contributed by atoms with E-state index in [1.807, 2.05) is 0 Å². The predicted octanol–water partition coefficient (Wildman–Crippen LogP) is 4.47. The summed E-state index contributed by atoms with van der Waals surface area (Å²) in [6.45, 7) is 5.77. The molecule has 1 N–H and O–H groups in total. The maximum atomic E-state index is 3.79. The van der Waals surface area contributed by atoms with E-state index in [1.165, 1.54) is 69.4 Å². The molecule has 1 rings (SSSR count). The second kappa shape index (κ2) is 10.3. The zero-order valence-corrected chi connectivity index (χ0v) is 12.7. The van der Waals surface area contributed by atoms with E-state index in [4.69, 9.17) is 0 Å². The average molecular weight is 257 g/mol. The minimum atomic E-state index is 0.812. The topological polar surface area (TPSA) is 12.0 Å². The summed E-state index contributed by atoms with van der Waals surface area (Å²) >= 11 is 2.15. The van der Waals surface area contributed by atoms with Crippen LogP contribution in [0.3, 0.4) is 0 Å². The molecule has 0 spiro atoms. The van der Waals surface area contributed by atoms with Gasteiger partial charge in [-0.2, -0.15) is 11.8 Å². The van der Waals surface area contributed by atoms with Gasteiger partial charge in [0, 0.05) is 6.04 Å². The minimum Gasteiger partial charge on any atom is -0.314 e. The van der Waals surface area contributed by atoms with Gasteiger partial charge in [-0.1, -0.05) is 46.0 Å². The van der Waals surface area contributed by atoms with Gasteiger partial charge in [-0.05, 0) is 43.2 Å². The van der Waals surface area contributed by atoms with Crippen LogP contribution in [0.5, 0.6) is 0 Å². The van der Waals surface area contributed by atoms with Crippen molar-refractivity contribution in [2.45, 2.75) is 71.3 Å². The van der Waals surface area contributed by atoms with E-state index in [9.17, 15) is 0 Å². The first kappa shape index (κ1) is 15.4. The van der Waals surface area contributed by atoms with Gasteiger partial charge in [0.1, 0.15) is 0 Å². The second-order valence-electron chi connectivity index (χ2n) is 5.39. The fourth-order valence-corrected chi connectivity index (χ4v) is 4.01. The first-order chi connectivity index (χ1) is 8.38. The SMILES string of the molecule is CCCCCCCC(NCCC)C1CCSC1. The zero-order valence-electron chi connectivity index (χ0n) is 11.8. The molecule has 0 bridgehead atoms. The highest BCUT2D eigenvalue weighted by Crippen LogP contribution is 2.28. The Labute approximate surface area is 113 Å². The van der Waals surface area contributed by atoms with Gasteiger partial charge >= 0.3 is 0 Å². The third-order valence-electron chi connectivity index (χ3n) is 3.81. The summed E-state index contributed by atoms with van der Waals surface area (Å²) in [6, 6.07) is 0.812. The van der Waals surface area contributed by atoms with Gasteiger partial charge in [0.25, 0.3) is 0 Å². The number of thioether (sulfide) groups is 1. The molecule has 1 saturated heterocycles. The van der Waals surface area contributed by atoms with Crippen molar-refractivity contribution in [3.8, 4) is 0 Å². The summed E-state index contributed by atoms with van der Waals surface area (Å²) in [4.78, 5) is 0. The Bertz CT molecular complexity index is 166. The Morgan fingerprint density at radius 1 is 1.12 bits per heavy atom. The minimum absolute atomic E-state index is 0.812. The highest BCUT2D eigenvalue weighted by Gasteiger charge is 2.24. The maximum absolute atomic E-state index is 3.79. The summed E-state index contributed by atoms with van der Waals surface area (Å²) in [5.41, 5.74) is 0. The maximum Gasteiger partial charge on any atom is 0.0103 e. The van der Waals surface area contributed by atoms with E-state index >= 15 is 0 Å². The van der Waals surface area contributed by atoms with Crippen LogP contribution in [0.1, 0.15) is 65.2 Å². The second-order valence-corrected chi connectivity index (χ2v) is 6.54. The van der Waals surface area contributed by atoms with E-state index in [0.717, 1.165) is 12.0 Å². The summed E-state index contributed by atoms with van der Waals surface area (Å²) in [6.07, 6.45) is 11.2. The predicted molar refractivity (Wildman–Crippen MR) is 80.9 cm³/mol. The van der Waals surface area contributed by atoms with E-state index < -0.39 is 0 Å². The molecule has 17 heavy (non-hydrogen) atoms. The average Bonchev–Trinajstić information content (AvgIpc) is 2.86. The van der Waals surface area contributed by atoms with Crippen molar-refractivity contribution in [2.24, 2.45) is 5.92 Å². The lowest BCUT2D eigenvalue weighted by Crippen LogP contribution is -2.36. The molecule has 102 valence electrons. The number of unbranched alkanes of at least 4 members (excludes halogenated alkanes) is 4. The van der Waals surface area contributed by atoms with Crippen molar-refractivity contribution in [2.75, 3.05) is 18.1 Å². The van der Waals surface area contributed by atoms with Gasteiger partial charge in [-0.3, -0.25) is 0 Å². The molecule has 1 fully saturated rings.